The minimum atomic E-state index is -0.543. The normalized spacial score (nSPS) is 11.9. The van der Waals surface area contributed by atoms with Gasteiger partial charge in [-0.1, -0.05) is 37.3 Å². The van der Waals surface area contributed by atoms with E-state index in [4.69, 9.17) is 9.47 Å². The zero-order valence-corrected chi connectivity index (χ0v) is 13.6. The average Bonchev–Trinajstić information content (AvgIpc) is 2.61. The van der Waals surface area contributed by atoms with Crippen LogP contribution in [-0.4, -0.2) is 37.5 Å². The van der Waals surface area contributed by atoms with Crippen molar-refractivity contribution >= 4 is 0 Å². The first-order chi connectivity index (χ1) is 11.3. The Morgan fingerprint density at radius 2 is 1.65 bits per heavy atom. The number of para-hydroxylation sites is 1. The fourth-order valence-corrected chi connectivity index (χ4v) is 2.10. The predicted octanol–water partition coefficient (Wildman–Crippen LogP) is 2.66. The molecule has 0 aliphatic carbocycles. The molecule has 0 bridgehead atoms. The molecule has 1 unspecified atom stereocenters. The molecule has 0 fully saturated rings. The van der Waals surface area contributed by atoms with Crippen molar-refractivity contribution in [3.63, 3.8) is 0 Å². The number of hydrogen-bond acceptors (Lipinski definition) is 4. The van der Waals surface area contributed by atoms with E-state index in [1.165, 1.54) is 5.56 Å². The van der Waals surface area contributed by atoms with Crippen molar-refractivity contribution in [2.75, 3.05) is 26.3 Å². The van der Waals surface area contributed by atoms with Crippen LogP contribution in [0, 0.1) is 0 Å². The van der Waals surface area contributed by atoms with E-state index in [2.05, 4.69) is 24.4 Å². The van der Waals surface area contributed by atoms with Crippen LogP contribution in [0.4, 0.5) is 0 Å². The summed E-state index contributed by atoms with van der Waals surface area (Å²) in [5, 5.41) is 13.0. The van der Waals surface area contributed by atoms with Gasteiger partial charge in [0.15, 0.2) is 0 Å². The van der Waals surface area contributed by atoms with Gasteiger partial charge in [0.2, 0.25) is 0 Å². The van der Waals surface area contributed by atoms with Crippen molar-refractivity contribution in [3.05, 3.63) is 60.2 Å². The number of ether oxygens (including phenoxy) is 2. The zero-order valence-electron chi connectivity index (χ0n) is 13.6. The summed E-state index contributed by atoms with van der Waals surface area (Å²) < 4.78 is 11.1. The third-order valence-corrected chi connectivity index (χ3v) is 3.44. The number of aliphatic hydroxyl groups is 1. The summed E-state index contributed by atoms with van der Waals surface area (Å²) in [6.07, 6.45) is 0.490. The topological polar surface area (TPSA) is 50.7 Å². The van der Waals surface area contributed by atoms with Gasteiger partial charge in [0, 0.05) is 13.1 Å². The van der Waals surface area contributed by atoms with Crippen molar-refractivity contribution in [1.82, 2.24) is 5.32 Å². The molecule has 0 saturated heterocycles. The molecule has 0 saturated carbocycles. The molecule has 4 nitrogen and oxygen atoms in total. The van der Waals surface area contributed by atoms with Crippen LogP contribution in [0.15, 0.2) is 54.6 Å². The van der Waals surface area contributed by atoms with Gasteiger partial charge < -0.3 is 19.9 Å². The molecule has 2 N–H and O–H groups in total. The zero-order chi connectivity index (χ0) is 16.3. The van der Waals surface area contributed by atoms with Crippen LogP contribution in [0.25, 0.3) is 0 Å². The molecule has 0 aliphatic heterocycles. The van der Waals surface area contributed by atoms with Gasteiger partial charge in [-0.25, -0.2) is 0 Å². The minimum absolute atomic E-state index is 0.274. The minimum Gasteiger partial charge on any atom is -0.492 e. The first-order valence-electron chi connectivity index (χ1n) is 8.06. The van der Waals surface area contributed by atoms with Crippen molar-refractivity contribution in [2.24, 2.45) is 0 Å². The first kappa shape index (κ1) is 17.3. The molecule has 2 rings (SSSR count). The average molecular weight is 315 g/mol. The Labute approximate surface area is 138 Å². The summed E-state index contributed by atoms with van der Waals surface area (Å²) >= 11 is 0. The number of aliphatic hydroxyl groups excluding tert-OH is 1. The van der Waals surface area contributed by atoms with Gasteiger partial charge in [0.05, 0.1) is 0 Å². The van der Waals surface area contributed by atoms with E-state index in [1.807, 2.05) is 42.5 Å². The second-order valence-corrected chi connectivity index (χ2v) is 5.33. The van der Waals surface area contributed by atoms with Crippen molar-refractivity contribution in [1.29, 1.82) is 0 Å². The third kappa shape index (κ3) is 6.72. The van der Waals surface area contributed by atoms with E-state index in [1.54, 1.807) is 0 Å². The third-order valence-electron chi connectivity index (χ3n) is 3.44. The lowest BCUT2D eigenvalue weighted by Gasteiger charge is -2.13. The Morgan fingerprint density at radius 3 is 2.35 bits per heavy atom. The molecule has 0 aromatic heterocycles. The second kappa shape index (κ2) is 9.87. The summed E-state index contributed by atoms with van der Waals surface area (Å²) in [5.41, 5.74) is 1.30. The molecular formula is C19H25NO3. The fraction of sp³-hybridized carbons (Fsp3) is 0.368. The van der Waals surface area contributed by atoms with Crippen molar-refractivity contribution < 1.29 is 14.6 Å². The van der Waals surface area contributed by atoms with Gasteiger partial charge >= 0.3 is 0 Å². The highest BCUT2D eigenvalue weighted by molar-refractivity contribution is 5.27. The summed E-state index contributed by atoms with van der Waals surface area (Å²) in [4.78, 5) is 0. The molecule has 0 amide bonds. The van der Waals surface area contributed by atoms with Crippen LogP contribution >= 0.6 is 0 Å². The van der Waals surface area contributed by atoms with Crippen LogP contribution in [0.5, 0.6) is 11.5 Å². The van der Waals surface area contributed by atoms with Gasteiger partial charge in [0.1, 0.15) is 30.8 Å². The van der Waals surface area contributed by atoms with Crippen LogP contribution in [-0.2, 0) is 6.42 Å². The molecule has 4 heteroatoms. The first-order valence-corrected chi connectivity index (χ1v) is 8.06. The van der Waals surface area contributed by atoms with Gasteiger partial charge in [-0.05, 0) is 36.2 Å². The predicted molar refractivity (Wildman–Crippen MR) is 92.1 cm³/mol. The van der Waals surface area contributed by atoms with Crippen LogP contribution < -0.4 is 14.8 Å². The highest BCUT2D eigenvalue weighted by Gasteiger charge is 2.04. The van der Waals surface area contributed by atoms with E-state index < -0.39 is 6.10 Å². The molecule has 2 aromatic carbocycles. The van der Waals surface area contributed by atoms with Gasteiger partial charge in [-0.15, -0.1) is 0 Å². The quantitative estimate of drug-likeness (QED) is 0.662. The van der Waals surface area contributed by atoms with Gasteiger partial charge in [0.25, 0.3) is 0 Å². The largest absolute Gasteiger partial charge is 0.492 e. The molecule has 0 aliphatic rings. The summed E-state index contributed by atoms with van der Waals surface area (Å²) in [6.45, 7) is 4.13. The molecule has 0 spiro atoms. The van der Waals surface area contributed by atoms with Gasteiger partial charge in [-0.3, -0.25) is 0 Å². The lowest BCUT2D eigenvalue weighted by molar-refractivity contribution is 0.105. The highest BCUT2D eigenvalue weighted by atomic mass is 16.5. The Hall–Kier alpha value is -2.04. The van der Waals surface area contributed by atoms with E-state index in [-0.39, 0.29) is 6.61 Å². The monoisotopic (exact) mass is 315 g/mol. The Morgan fingerprint density at radius 1 is 0.957 bits per heavy atom. The smallest absolute Gasteiger partial charge is 0.119 e. The lowest BCUT2D eigenvalue weighted by atomic mass is 10.2. The Bertz CT molecular complexity index is 542. The molecule has 1 atom stereocenters. The summed E-state index contributed by atoms with van der Waals surface area (Å²) in [6, 6.07) is 17.6. The van der Waals surface area contributed by atoms with Crippen molar-refractivity contribution in [3.8, 4) is 11.5 Å². The molecule has 124 valence electrons. The van der Waals surface area contributed by atoms with Crippen LogP contribution in [0.3, 0.4) is 0 Å². The standard InChI is InChI=1S/C19H25NO3/c1-2-16-8-10-19(11-9-16)22-13-12-20-14-17(21)15-23-18-6-4-3-5-7-18/h3-11,17,20-21H,2,12-15H2,1H3. The second-order valence-electron chi connectivity index (χ2n) is 5.33. The molecule has 0 radical (unpaired) electrons. The summed E-state index contributed by atoms with van der Waals surface area (Å²) in [5.74, 6) is 1.64. The molecule has 2 aromatic rings. The van der Waals surface area contributed by atoms with E-state index in [9.17, 15) is 5.11 Å². The van der Waals surface area contributed by atoms with E-state index in [0.717, 1.165) is 17.9 Å². The molecule has 0 heterocycles. The Balaban J connectivity index is 1.54. The number of rotatable bonds is 10. The van der Waals surface area contributed by atoms with Crippen molar-refractivity contribution in [2.45, 2.75) is 19.4 Å². The summed E-state index contributed by atoms with van der Waals surface area (Å²) in [7, 11) is 0. The molecule has 23 heavy (non-hydrogen) atoms. The van der Waals surface area contributed by atoms with E-state index >= 15 is 0 Å². The van der Waals surface area contributed by atoms with E-state index in [0.29, 0.717) is 19.7 Å². The maximum absolute atomic E-state index is 9.86. The number of aryl methyl sites for hydroxylation is 1. The SMILES string of the molecule is CCc1ccc(OCCNCC(O)COc2ccccc2)cc1. The van der Waals surface area contributed by atoms with Crippen LogP contribution in [0.1, 0.15) is 12.5 Å². The number of hydrogen-bond donors (Lipinski definition) is 2. The number of nitrogens with one attached hydrogen (secondary N) is 1. The molecular weight excluding hydrogens is 290 g/mol. The van der Waals surface area contributed by atoms with Crippen LogP contribution in [0.2, 0.25) is 0 Å². The van der Waals surface area contributed by atoms with Gasteiger partial charge in [-0.2, -0.15) is 0 Å². The fourth-order valence-electron chi connectivity index (χ4n) is 2.10. The maximum Gasteiger partial charge on any atom is 0.119 e. The lowest BCUT2D eigenvalue weighted by Crippen LogP contribution is -2.33. The highest BCUT2D eigenvalue weighted by Crippen LogP contribution is 2.12. The number of benzene rings is 2. The Kier molecular flexibility index (Phi) is 7.43. The maximum atomic E-state index is 9.86.